The Balaban J connectivity index is 0.000000341. The summed E-state index contributed by atoms with van der Waals surface area (Å²) >= 11 is 4.08. The maximum Gasteiger partial charge on any atom is 0.416 e. The smallest absolute Gasteiger partial charge is 0.176 e. The molecule has 7 heteroatoms. The molecule has 2 rings (SSSR count). The Morgan fingerprint density at radius 2 is 1.22 bits per heavy atom. The third-order valence-electron chi connectivity index (χ3n) is 2.06. The van der Waals surface area contributed by atoms with E-state index in [1.165, 1.54) is 12.8 Å². The molecule has 1 aliphatic rings. The van der Waals surface area contributed by atoms with Crippen LogP contribution in [0.5, 0.6) is 0 Å². The molecule has 1 aromatic carbocycles. The van der Waals surface area contributed by atoms with Crippen molar-refractivity contribution in [3.8, 4) is 0 Å². The van der Waals surface area contributed by atoms with Crippen molar-refractivity contribution in [1.29, 1.82) is 0 Å². The van der Waals surface area contributed by atoms with Crippen molar-refractivity contribution in [2.75, 3.05) is 0 Å². The quantitative estimate of drug-likeness (QED) is 0.514. The van der Waals surface area contributed by atoms with Crippen LogP contribution in [0.2, 0.25) is 0 Å². The van der Waals surface area contributed by atoms with Gasteiger partial charge in [0.25, 0.3) is 0 Å². The van der Waals surface area contributed by atoms with Gasteiger partial charge in [-0.1, -0.05) is 6.07 Å². The van der Waals surface area contributed by atoms with Crippen molar-refractivity contribution in [3.05, 3.63) is 35.4 Å². The summed E-state index contributed by atoms with van der Waals surface area (Å²) in [6.07, 6.45) is -6.80. The predicted octanol–water partition coefficient (Wildman–Crippen LogP) is 4.80. The molecule has 18 heavy (non-hydrogen) atoms. The second-order valence-electron chi connectivity index (χ2n) is 3.81. The van der Waals surface area contributed by atoms with Gasteiger partial charge in [-0.3, -0.25) is 0 Å². The van der Waals surface area contributed by atoms with E-state index in [4.69, 9.17) is 0 Å². The lowest BCUT2D eigenvalue weighted by Crippen LogP contribution is -2.09. The molecule has 0 N–H and O–H groups in total. The SMILES string of the molecule is FC(F)(F)c1cccc(C(F)(F)F)c1.SC1CC1. The first-order chi connectivity index (χ1) is 8.10. The fourth-order valence-electron chi connectivity index (χ4n) is 0.946. The molecular weight excluding hydrogens is 278 g/mol. The van der Waals surface area contributed by atoms with Crippen LogP contribution in [-0.4, -0.2) is 5.25 Å². The van der Waals surface area contributed by atoms with Crippen molar-refractivity contribution < 1.29 is 26.3 Å². The third-order valence-corrected chi connectivity index (χ3v) is 2.58. The predicted molar refractivity (Wildman–Crippen MR) is 58.5 cm³/mol. The topological polar surface area (TPSA) is 0 Å². The summed E-state index contributed by atoms with van der Waals surface area (Å²) in [6.45, 7) is 0. The standard InChI is InChI=1S/C8H4F6.C3H6S/c9-7(10,11)5-2-1-3-6(4-5)8(12,13)14;4-3-1-2-3/h1-4H;3-4H,1-2H2. The second kappa shape index (κ2) is 5.42. The Labute approximate surface area is 105 Å². The van der Waals surface area contributed by atoms with Crippen LogP contribution in [0.25, 0.3) is 0 Å². The zero-order valence-electron chi connectivity index (χ0n) is 9.02. The lowest BCUT2D eigenvalue weighted by molar-refractivity contribution is -0.143. The van der Waals surface area contributed by atoms with Crippen LogP contribution in [0.15, 0.2) is 24.3 Å². The molecule has 0 unspecified atom stereocenters. The van der Waals surface area contributed by atoms with E-state index < -0.39 is 23.5 Å². The largest absolute Gasteiger partial charge is 0.416 e. The highest BCUT2D eigenvalue weighted by Crippen LogP contribution is 2.34. The van der Waals surface area contributed by atoms with Gasteiger partial charge >= 0.3 is 12.4 Å². The molecule has 0 bridgehead atoms. The van der Waals surface area contributed by atoms with Gasteiger partial charge in [-0.25, -0.2) is 0 Å². The molecule has 0 saturated heterocycles. The Morgan fingerprint density at radius 3 is 1.44 bits per heavy atom. The number of halogens is 6. The number of rotatable bonds is 0. The normalized spacial score (nSPS) is 15.9. The maximum atomic E-state index is 12.0. The summed E-state index contributed by atoms with van der Waals surface area (Å²) in [5.74, 6) is 0. The van der Waals surface area contributed by atoms with Crippen molar-refractivity contribution in [2.45, 2.75) is 30.4 Å². The van der Waals surface area contributed by atoms with Crippen molar-refractivity contribution in [3.63, 3.8) is 0 Å². The van der Waals surface area contributed by atoms with Gasteiger partial charge in [-0.2, -0.15) is 39.0 Å². The van der Waals surface area contributed by atoms with Gasteiger partial charge < -0.3 is 0 Å². The van der Waals surface area contributed by atoms with E-state index in [-0.39, 0.29) is 6.07 Å². The minimum atomic E-state index is -4.75. The van der Waals surface area contributed by atoms with Crippen LogP contribution in [0.4, 0.5) is 26.3 Å². The third kappa shape index (κ3) is 5.20. The van der Waals surface area contributed by atoms with Gasteiger partial charge in [0.05, 0.1) is 11.1 Å². The summed E-state index contributed by atoms with van der Waals surface area (Å²) < 4.78 is 71.9. The van der Waals surface area contributed by atoms with E-state index in [1.54, 1.807) is 0 Å². The molecule has 0 nitrogen and oxygen atoms in total. The summed E-state index contributed by atoms with van der Waals surface area (Å²) in [5, 5.41) is 0.778. The average molecular weight is 288 g/mol. The van der Waals surface area contributed by atoms with Crippen LogP contribution in [0.3, 0.4) is 0 Å². The molecule has 0 atom stereocenters. The molecular formula is C11H10F6S. The molecule has 0 amide bonds. The van der Waals surface area contributed by atoms with Gasteiger partial charge in [0.2, 0.25) is 0 Å². The summed E-state index contributed by atoms with van der Waals surface area (Å²) in [6, 6.07) is 2.00. The molecule has 1 aromatic rings. The fourth-order valence-corrected chi connectivity index (χ4v) is 1.10. The minimum absolute atomic E-state index is 0.0833. The molecule has 1 fully saturated rings. The molecule has 0 spiro atoms. The maximum absolute atomic E-state index is 12.0. The van der Waals surface area contributed by atoms with Gasteiger partial charge in [0.1, 0.15) is 0 Å². The second-order valence-corrected chi connectivity index (χ2v) is 4.54. The summed E-state index contributed by atoms with van der Waals surface area (Å²) in [4.78, 5) is 0. The highest BCUT2D eigenvalue weighted by atomic mass is 32.1. The van der Waals surface area contributed by atoms with E-state index >= 15 is 0 Å². The lowest BCUT2D eigenvalue weighted by Gasteiger charge is -2.10. The molecule has 0 aliphatic heterocycles. The Hall–Kier alpha value is -0.850. The molecule has 0 radical (unpaired) electrons. The monoisotopic (exact) mass is 288 g/mol. The minimum Gasteiger partial charge on any atom is -0.176 e. The summed E-state index contributed by atoms with van der Waals surface area (Å²) in [7, 11) is 0. The van der Waals surface area contributed by atoms with Crippen LogP contribution in [0.1, 0.15) is 24.0 Å². The van der Waals surface area contributed by atoms with E-state index in [2.05, 4.69) is 12.6 Å². The van der Waals surface area contributed by atoms with Gasteiger partial charge in [-0.15, -0.1) is 0 Å². The summed E-state index contributed by atoms with van der Waals surface area (Å²) in [5.41, 5.74) is -2.60. The molecule has 1 aliphatic carbocycles. The molecule has 0 aromatic heterocycles. The van der Waals surface area contributed by atoms with Crippen LogP contribution in [-0.2, 0) is 12.4 Å². The highest BCUT2D eigenvalue weighted by molar-refractivity contribution is 7.81. The number of benzene rings is 1. The first-order valence-electron chi connectivity index (χ1n) is 5.03. The van der Waals surface area contributed by atoms with E-state index in [0.29, 0.717) is 12.1 Å². The van der Waals surface area contributed by atoms with E-state index in [0.717, 1.165) is 11.3 Å². The van der Waals surface area contributed by atoms with Crippen LogP contribution in [0, 0.1) is 0 Å². The van der Waals surface area contributed by atoms with Crippen LogP contribution < -0.4 is 0 Å². The number of hydrogen-bond donors (Lipinski definition) is 1. The van der Waals surface area contributed by atoms with E-state index in [1.807, 2.05) is 0 Å². The lowest BCUT2D eigenvalue weighted by atomic mass is 10.1. The first kappa shape index (κ1) is 15.2. The van der Waals surface area contributed by atoms with Gasteiger partial charge in [-0.05, 0) is 31.0 Å². The van der Waals surface area contributed by atoms with Gasteiger partial charge in [0.15, 0.2) is 0 Å². The highest BCUT2D eigenvalue weighted by Gasteiger charge is 2.35. The average Bonchev–Trinajstić information content (AvgIpc) is 2.99. The molecule has 1 saturated carbocycles. The van der Waals surface area contributed by atoms with Crippen molar-refractivity contribution >= 4 is 12.6 Å². The Kier molecular flexibility index (Phi) is 4.58. The van der Waals surface area contributed by atoms with Crippen molar-refractivity contribution in [1.82, 2.24) is 0 Å². The van der Waals surface area contributed by atoms with E-state index in [9.17, 15) is 26.3 Å². The zero-order chi connectivity index (χ0) is 14.0. The van der Waals surface area contributed by atoms with Gasteiger partial charge in [0, 0.05) is 5.25 Å². The zero-order valence-corrected chi connectivity index (χ0v) is 9.91. The Bertz CT molecular complexity index is 362. The van der Waals surface area contributed by atoms with Crippen molar-refractivity contribution in [2.24, 2.45) is 0 Å². The number of thiol groups is 1. The fraction of sp³-hybridized carbons (Fsp3) is 0.455. The Morgan fingerprint density at radius 1 is 0.889 bits per heavy atom. The number of hydrogen-bond acceptors (Lipinski definition) is 1. The number of alkyl halides is 6. The molecule has 0 heterocycles. The molecule has 102 valence electrons. The first-order valence-corrected chi connectivity index (χ1v) is 5.55. The van der Waals surface area contributed by atoms with Crippen LogP contribution >= 0.6 is 12.6 Å².